The smallest absolute Gasteiger partial charge is 0.253 e. The SMILES string of the molecule is CC(C)(C)C(=O)Nc1ccccc1C(=O)NCC(N)c1ccccc1.Cl. The number of rotatable bonds is 5. The Balaban J connectivity index is 0.00000338. The fourth-order valence-corrected chi connectivity index (χ4v) is 2.22. The van der Waals surface area contributed by atoms with E-state index in [0.717, 1.165) is 5.56 Å². The van der Waals surface area contributed by atoms with E-state index in [4.69, 9.17) is 5.73 Å². The second-order valence-corrected chi connectivity index (χ2v) is 6.98. The average Bonchev–Trinajstić information content (AvgIpc) is 2.59. The quantitative estimate of drug-likeness (QED) is 0.747. The van der Waals surface area contributed by atoms with Crippen molar-refractivity contribution < 1.29 is 9.59 Å². The van der Waals surface area contributed by atoms with Gasteiger partial charge in [0.05, 0.1) is 11.3 Å². The fourth-order valence-electron chi connectivity index (χ4n) is 2.22. The Morgan fingerprint density at radius 2 is 1.58 bits per heavy atom. The molecule has 0 bridgehead atoms. The van der Waals surface area contributed by atoms with Crippen LogP contribution in [-0.2, 0) is 4.79 Å². The highest BCUT2D eigenvalue weighted by Gasteiger charge is 2.23. The molecule has 0 aliphatic heterocycles. The summed E-state index contributed by atoms with van der Waals surface area (Å²) in [6, 6.07) is 16.2. The first-order chi connectivity index (χ1) is 11.8. The zero-order chi connectivity index (χ0) is 18.4. The van der Waals surface area contributed by atoms with E-state index in [1.54, 1.807) is 24.3 Å². The van der Waals surface area contributed by atoms with Gasteiger partial charge in [0, 0.05) is 18.0 Å². The van der Waals surface area contributed by atoms with Crippen LogP contribution in [0.4, 0.5) is 5.69 Å². The van der Waals surface area contributed by atoms with Crippen LogP contribution in [0.2, 0.25) is 0 Å². The molecule has 5 nitrogen and oxygen atoms in total. The van der Waals surface area contributed by atoms with Crippen LogP contribution in [0.15, 0.2) is 54.6 Å². The van der Waals surface area contributed by atoms with Crippen LogP contribution in [0.3, 0.4) is 0 Å². The molecule has 0 aliphatic rings. The second kappa shape index (κ2) is 9.36. The number of halogens is 1. The van der Waals surface area contributed by atoms with E-state index in [2.05, 4.69) is 10.6 Å². The van der Waals surface area contributed by atoms with Crippen molar-refractivity contribution in [1.29, 1.82) is 0 Å². The minimum atomic E-state index is -0.542. The summed E-state index contributed by atoms with van der Waals surface area (Å²) in [7, 11) is 0. The summed E-state index contributed by atoms with van der Waals surface area (Å²) in [6.45, 7) is 5.78. The summed E-state index contributed by atoms with van der Waals surface area (Å²) in [5.41, 5.74) is 7.44. The monoisotopic (exact) mass is 375 g/mol. The lowest BCUT2D eigenvalue weighted by Crippen LogP contribution is -2.33. The molecule has 0 aromatic heterocycles. The molecule has 2 amide bonds. The molecule has 0 spiro atoms. The highest BCUT2D eigenvalue weighted by Crippen LogP contribution is 2.20. The third-order valence-electron chi connectivity index (χ3n) is 3.81. The van der Waals surface area contributed by atoms with E-state index in [9.17, 15) is 9.59 Å². The maximum Gasteiger partial charge on any atom is 0.253 e. The molecule has 26 heavy (non-hydrogen) atoms. The highest BCUT2D eigenvalue weighted by atomic mass is 35.5. The van der Waals surface area contributed by atoms with Crippen molar-refractivity contribution in [3.8, 4) is 0 Å². The van der Waals surface area contributed by atoms with E-state index in [-0.39, 0.29) is 30.3 Å². The molecule has 2 aromatic carbocycles. The average molecular weight is 376 g/mol. The summed E-state index contributed by atoms with van der Waals surface area (Å²) < 4.78 is 0. The lowest BCUT2D eigenvalue weighted by Gasteiger charge is -2.19. The Morgan fingerprint density at radius 1 is 1.00 bits per heavy atom. The van der Waals surface area contributed by atoms with Gasteiger partial charge < -0.3 is 16.4 Å². The fraction of sp³-hybridized carbons (Fsp3) is 0.300. The first-order valence-corrected chi connectivity index (χ1v) is 8.28. The molecule has 140 valence electrons. The van der Waals surface area contributed by atoms with E-state index in [0.29, 0.717) is 17.8 Å². The predicted octanol–water partition coefficient (Wildman–Crippen LogP) is 3.52. The maximum absolute atomic E-state index is 12.5. The number of para-hydroxylation sites is 1. The first kappa shape index (κ1) is 21.7. The maximum atomic E-state index is 12.5. The number of nitrogens with one attached hydrogen (secondary N) is 2. The molecule has 0 saturated heterocycles. The Labute approximate surface area is 160 Å². The van der Waals surface area contributed by atoms with Crippen LogP contribution in [0.1, 0.15) is 42.7 Å². The summed E-state index contributed by atoms with van der Waals surface area (Å²) >= 11 is 0. The predicted molar refractivity (Wildman–Crippen MR) is 107 cm³/mol. The third kappa shape index (κ3) is 5.86. The van der Waals surface area contributed by atoms with Gasteiger partial charge in [0.25, 0.3) is 5.91 Å². The molecular weight excluding hydrogens is 350 g/mol. The van der Waals surface area contributed by atoms with Gasteiger partial charge in [0.2, 0.25) is 5.91 Å². The molecule has 4 N–H and O–H groups in total. The Morgan fingerprint density at radius 3 is 2.19 bits per heavy atom. The highest BCUT2D eigenvalue weighted by molar-refractivity contribution is 6.04. The molecule has 0 fully saturated rings. The molecule has 0 saturated carbocycles. The minimum Gasteiger partial charge on any atom is -0.350 e. The van der Waals surface area contributed by atoms with Crippen molar-refractivity contribution in [2.75, 3.05) is 11.9 Å². The number of nitrogens with two attached hydrogens (primary N) is 1. The molecule has 1 unspecified atom stereocenters. The number of benzene rings is 2. The van der Waals surface area contributed by atoms with Crippen molar-refractivity contribution in [3.63, 3.8) is 0 Å². The lowest BCUT2D eigenvalue weighted by molar-refractivity contribution is -0.123. The van der Waals surface area contributed by atoms with Crippen molar-refractivity contribution in [2.45, 2.75) is 26.8 Å². The molecule has 0 heterocycles. The van der Waals surface area contributed by atoms with Crippen LogP contribution in [-0.4, -0.2) is 18.4 Å². The zero-order valence-electron chi connectivity index (χ0n) is 15.3. The standard InChI is InChI=1S/C20H25N3O2.ClH/c1-20(2,3)19(25)23-17-12-8-7-11-15(17)18(24)22-13-16(21)14-9-5-4-6-10-14;/h4-12,16H,13,21H2,1-3H3,(H,22,24)(H,23,25);1H. The van der Waals surface area contributed by atoms with Gasteiger partial charge in [-0.15, -0.1) is 12.4 Å². The normalized spacial score (nSPS) is 11.8. The van der Waals surface area contributed by atoms with Crippen LogP contribution in [0.25, 0.3) is 0 Å². The summed E-state index contributed by atoms with van der Waals surface area (Å²) in [5.74, 6) is -0.412. The van der Waals surface area contributed by atoms with Crippen LogP contribution >= 0.6 is 12.4 Å². The number of amides is 2. The topological polar surface area (TPSA) is 84.2 Å². The Bertz CT molecular complexity index is 742. The first-order valence-electron chi connectivity index (χ1n) is 8.28. The van der Waals surface area contributed by atoms with E-state index in [1.165, 1.54) is 0 Å². The van der Waals surface area contributed by atoms with Gasteiger partial charge in [-0.1, -0.05) is 63.2 Å². The minimum absolute atomic E-state index is 0. The van der Waals surface area contributed by atoms with Gasteiger partial charge in [-0.05, 0) is 17.7 Å². The van der Waals surface area contributed by atoms with Gasteiger partial charge in [0.1, 0.15) is 0 Å². The number of carbonyl (C=O) groups excluding carboxylic acids is 2. The molecule has 2 rings (SSSR count). The van der Waals surface area contributed by atoms with E-state index >= 15 is 0 Å². The number of carbonyl (C=O) groups is 2. The van der Waals surface area contributed by atoms with Crippen molar-refractivity contribution in [2.24, 2.45) is 11.1 Å². The lowest BCUT2D eigenvalue weighted by atomic mass is 9.95. The Kier molecular flexibility index (Phi) is 7.80. The summed E-state index contributed by atoms with van der Waals surface area (Å²) in [6.07, 6.45) is 0. The summed E-state index contributed by atoms with van der Waals surface area (Å²) in [4.78, 5) is 24.7. The zero-order valence-corrected chi connectivity index (χ0v) is 16.1. The number of hydrogen-bond donors (Lipinski definition) is 3. The van der Waals surface area contributed by atoms with E-state index in [1.807, 2.05) is 51.1 Å². The van der Waals surface area contributed by atoms with Crippen molar-refractivity contribution in [3.05, 3.63) is 65.7 Å². The van der Waals surface area contributed by atoms with Gasteiger partial charge in [0.15, 0.2) is 0 Å². The molecule has 6 heteroatoms. The van der Waals surface area contributed by atoms with Gasteiger partial charge >= 0.3 is 0 Å². The largest absolute Gasteiger partial charge is 0.350 e. The van der Waals surface area contributed by atoms with Crippen molar-refractivity contribution in [1.82, 2.24) is 5.32 Å². The molecule has 0 radical (unpaired) electrons. The van der Waals surface area contributed by atoms with Crippen LogP contribution in [0.5, 0.6) is 0 Å². The van der Waals surface area contributed by atoms with Gasteiger partial charge in [-0.25, -0.2) is 0 Å². The van der Waals surface area contributed by atoms with E-state index < -0.39 is 5.41 Å². The summed E-state index contributed by atoms with van der Waals surface area (Å²) in [5, 5.41) is 5.65. The van der Waals surface area contributed by atoms with Gasteiger partial charge in [-0.3, -0.25) is 9.59 Å². The Hall–Kier alpha value is -2.37. The van der Waals surface area contributed by atoms with Gasteiger partial charge in [-0.2, -0.15) is 0 Å². The molecule has 0 aliphatic carbocycles. The number of anilines is 1. The molecule has 1 atom stereocenters. The third-order valence-corrected chi connectivity index (χ3v) is 3.81. The molecular formula is C20H26ClN3O2. The van der Waals surface area contributed by atoms with Crippen LogP contribution in [0, 0.1) is 5.41 Å². The molecule has 2 aromatic rings. The number of hydrogen-bond acceptors (Lipinski definition) is 3. The van der Waals surface area contributed by atoms with Crippen LogP contribution < -0.4 is 16.4 Å². The van der Waals surface area contributed by atoms with Crippen molar-refractivity contribution >= 4 is 29.9 Å². The second-order valence-electron chi connectivity index (χ2n) is 6.98.